The van der Waals surface area contributed by atoms with Gasteiger partial charge in [0.2, 0.25) is 0 Å². The third-order valence-corrected chi connectivity index (χ3v) is 15.5. The zero-order chi connectivity index (χ0) is 60.5. The van der Waals surface area contributed by atoms with Crippen molar-refractivity contribution >= 4 is 76.5 Å². The monoisotopic (exact) mass is 1010 g/mol. The molecule has 13 rings (SSSR count). The van der Waals surface area contributed by atoms with E-state index in [1.54, 1.807) is 0 Å². The number of ether oxygens (including phenoxy) is 1. The standard InChI is InChI=1S/C72H64N4O/c1-70(2,3)48-37-38-73-66(42-48)76-63-33-16-15-26-57(63)58-36-35-53(44-65(58)76)77-52-24-17-23-51(43-52)74-45-75-68-55(47-39-49(71(4,5)6)41-50(40-47)72(7,8)9)29-19-31-61(68)56-25-13-14-27-59(56)67-54(46-21-11-10-12-22-46)28-18-30-60(67)62-32-20-34-64(74)69(62)75/h10-44H,45H2,1-9H3/i4D3,5D3,6D3. The fourth-order valence-corrected chi connectivity index (χ4v) is 11.6. The Morgan fingerprint density at radius 1 is 0.442 bits per heavy atom. The van der Waals surface area contributed by atoms with E-state index < -0.39 is 31.4 Å². The predicted octanol–water partition coefficient (Wildman–Crippen LogP) is 19.8. The number of pyridine rings is 1. The van der Waals surface area contributed by atoms with E-state index in [4.69, 9.17) is 22.1 Å². The minimum absolute atomic E-state index is 0.0856. The quantitative estimate of drug-likeness (QED) is 0.166. The number of benzene rings is 9. The summed E-state index contributed by atoms with van der Waals surface area (Å²) < 4.78 is 91.3. The lowest BCUT2D eigenvalue weighted by molar-refractivity contribution is 0.483. The van der Waals surface area contributed by atoms with Crippen molar-refractivity contribution in [3.05, 3.63) is 229 Å². The molecule has 378 valence electrons. The fraction of sp³-hybridized carbons (Fsp3) is 0.181. The molecule has 0 radical (unpaired) electrons. The topological polar surface area (TPSA) is 35.2 Å². The Bertz CT molecular complexity index is 4730. The third kappa shape index (κ3) is 8.28. The first-order valence-electron chi connectivity index (χ1n) is 30.9. The minimum atomic E-state index is -3.48. The van der Waals surface area contributed by atoms with Crippen molar-refractivity contribution in [2.75, 3.05) is 4.90 Å². The highest BCUT2D eigenvalue weighted by Crippen LogP contribution is 2.47. The molecule has 9 aromatic carbocycles. The number of fused-ring (bicyclic) bond motifs is 10. The van der Waals surface area contributed by atoms with Crippen LogP contribution >= 0.6 is 0 Å². The summed E-state index contributed by atoms with van der Waals surface area (Å²) in [7, 11) is 0. The average Bonchev–Trinajstić information content (AvgIpc) is 0.846. The van der Waals surface area contributed by atoms with Crippen LogP contribution in [0.4, 0.5) is 11.4 Å². The number of nitrogens with zero attached hydrogens (tertiary/aromatic N) is 4. The van der Waals surface area contributed by atoms with Crippen LogP contribution in [0.15, 0.2) is 212 Å². The van der Waals surface area contributed by atoms with Gasteiger partial charge in [-0.15, -0.1) is 0 Å². The molecule has 0 amide bonds. The number of rotatable bonds is 6. The summed E-state index contributed by atoms with van der Waals surface area (Å²) >= 11 is 0. The molecule has 3 aromatic heterocycles. The lowest BCUT2D eigenvalue weighted by Crippen LogP contribution is -2.17. The molecule has 12 aromatic rings. The smallest absolute Gasteiger partial charge is 0.137 e. The second-order valence-corrected chi connectivity index (χ2v) is 22.6. The van der Waals surface area contributed by atoms with Gasteiger partial charge in [-0.1, -0.05) is 208 Å². The highest BCUT2D eigenvalue weighted by molar-refractivity contribution is 6.25. The summed E-state index contributed by atoms with van der Waals surface area (Å²) in [5.41, 5.74) is 6.12. The van der Waals surface area contributed by atoms with Crippen LogP contribution in [0.25, 0.3) is 93.2 Å². The van der Waals surface area contributed by atoms with Gasteiger partial charge in [-0.2, -0.15) is 0 Å². The first-order chi connectivity index (χ1) is 40.8. The van der Waals surface area contributed by atoms with Crippen molar-refractivity contribution in [3.8, 4) is 39.6 Å². The van der Waals surface area contributed by atoms with E-state index in [9.17, 15) is 0 Å². The van der Waals surface area contributed by atoms with Crippen molar-refractivity contribution in [1.29, 1.82) is 0 Å². The lowest BCUT2D eigenvalue weighted by atomic mass is 9.78. The highest BCUT2D eigenvalue weighted by atomic mass is 16.5. The van der Waals surface area contributed by atoms with Gasteiger partial charge in [0.25, 0.3) is 0 Å². The maximum Gasteiger partial charge on any atom is 0.137 e. The fourth-order valence-electron chi connectivity index (χ4n) is 11.6. The Kier molecular flexibility index (Phi) is 9.07. The Labute approximate surface area is 464 Å². The van der Waals surface area contributed by atoms with E-state index in [0.29, 0.717) is 28.2 Å². The molecular formula is C72H64N4O. The molecular weight excluding hydrogens is 937 g/mol. The zero-order valence-electron chi connectivity index (χ0n) is 53.1. The molecule has 0 saturated carbocycles. The average molecular weight is 1010 g/mol. The van der Waals surface area contributed by atoms with Crippen molar-refractivity contribution in [1.82, 2.24) is 14.1 Å². The molecule has 0 spiro atoms. The van der Waals surface area contributed by atoms with Crippen LogP contribution in [-0.4, -0.2) is 14.1 Å². The first kappa shape index (κ1) is 38.8. The summed E-state index contributed by atoms with van der Waals surface area (Å²) in [6, 6.07) is 69.6. The second-order valence-electron chi connectivity index (χ2n) is 22.6. The second kappa shape index (κ2) is 18.0. The van der Waals surface area contributed by atoms with Gasteiger partial charge < -0.3 is 14.2 Å². The van der Waals surface area contributed by atoms with Crippen molar-refractivity contribution in [2.45, 2.75) is 85.0 Å². The van der Waals surface area contributed by atoms with Crippen LogP contribution < -0.4 is 9.64 Å². The molecule has 0 bridgehead atoms. The van der Waals surface area contributed by atoms with E-state index in [-0.39, 0.29) is 17.6 Å². The maximum atomic E-state index is 8.88. The van der Waals surface area contributed by atoms with E-state index >= 15 is 0 Å². The molecule has 5 heteroatoms. The molecule has 0 fully saturated rings. The number of hydrogen-bond donors (Lipinski definition) is 0. The van der Waals surface area contributed by atoms with Gasteiger partial charge in [-0.3, -0.25) is 4.57 Å². The number of hydrogen-bond acceptors (Lipinski definition) is 3. The van der Waals surface area contributed by atoms with Gasteiger partial charge >= 0.3 is 0 Å². The number of para-hydroxylation sites is 3. The van der Waals surface area contributed by atoms with Gasteiger partial charge in [-0.25, -0.2) is 4.98 Å². The molecule has 77 heavy (non-hydrogen) atoms. The third-order valence-electron chi connectivity index (χ3n) is 15.5. The van der Waals surface area contributed by atoms with Crippen LogP contribution in [0.1, 0.15) is 91.1 Å². The van der Waals surface area contributed by atoms with Crippen LogP contribution in [0.3, 0.4) is 0 Å². The largest absolute Gasteiger partial charge is 0.457 e. The summed E-state index contributed by atoms with van der Waals surface area (Å²) in [5.74, 6) is 2.09. The van der Waals surface area contributed by atoms with Crippen molar-refractivity contribution in [2.24, 2.45) is 0 Å². The molecule has 1 aliphatic heterocycles. The normalized spacial score (nSPS) is 15.1. The van der Waals surface area contributed by atoms with Crippen molar-refractivity contribution < 1.29 is 17.1 Å². The van der Waals surface area contributed by atoms with Gasteiger partial charge in [0.1, 0.15) is 24.0 Å². The molecule has 1 aliphatic rings. The summed E-state index contributed by atoms with van der Waals surface area (Å²) in [6.45, 7) is 2.33. The van der Waals surface area contributed by atoms with Crippen LogP contribution in [0.5, 0.6) is 11.5 Å². The SMILES string of the molecule is [2H]C([2H])([2H])C(c1cc(-c2cccc3c4ccccc4c4c(-c5ccccc5)cccc4c4cccc5c4n(c23)CN5c2cccc(Oc3ccc4c5ccccc5n(-c5cc(C(C)(C)C)ccn5)c4c3)c2)cc(C(C)(C)C)c1)(C([2H])([2H])[2H])C([2H])([2H])[2H]. The van der Waals surface area contributed by atoms with E-state index in [1.807, 2.05) is 75.5 Å². The van der Waals surface area contributed by atoms with Gasteiger partial charge in [-0.05, 0) is 120 Å². The molecule has 0 aliphatic carbocycles. The van der Waals surface area contributed by atoms with Gasteiger partial charge in [0.15, 0.2) is 0 Å². The molecule has 5 nitrogen and oxygen atoms in total. The minimum Gasteiger partial charge on any atom is -0.457 e. The molecule has 0 atom stereocenters. The summed E-state index contributed by atoms with van der Waals surface area (Å²) in [6.07, 6.45) is 1.88. The highest BCUT2D eigenvalue weighted by Gasteiger charge is 2.28. The molecule has 0 unspecified atom stereocenters. The van der Waals surface area contributed by atoms with E-state index in [1.165, 1.54) is 17.7 Å². The lowest BCUT2D eigenvalue weighted by Gasteiger charge is -2.27. The van der Waals surface area contributed by atoms with Crippen LogP contribution in [-0.2, 0) is 22.9 Å². The summed E-state index contributed by atoms with van der Waals surface area (Å²) in [4.78, 5) is 7.18. The van der Waals surface area contributed by atoms with E-state index in [0.717, 1.165) is 93.5 Å². The summed E-state index contributed by atoms with van der Waals surface area (Å²) in [5, 5.41) is 7.98. The zero-order valence-corrected chi connectivity index (χ0v) is 44.1. The predicted molar refractivity (Wildman–Crippen MR) is 326 cm³/mol. The van der Waals surface area contributed by atoms with Gasteiger partial charge in [0.05, 0.1) is 27.8 Å². The Balaban J connectivity index is 1.07. The molecule has 4 heterocycles. The van der Waals surface area contributed by atoms with Crippen molar-refractivity contribution in [3.63, 3.8) is 0 Å². The van der Waals surface area contributed by atoms with Crippen LogP contribution in [0.2, 0.25) is 0 Å². The number of aromatic nitrogens is 3. The number of anilines is 2. The molecule has 0 saturated heterocycles. The Morgan fingerprint density at radius 2 is 1.05 bits per heavy atom. The Hall–Kier alpha value is -8.67. The van der Waals surface area contributed by atoms with Gasteiger partial charge in [0, 0.05) is 63.5 Å². The maximum absolute atomic E-state index is 8.88. The van der Waals surface area contributed by atoms with Crippen LogP contribution in [0, 0.1) is 0 Å². The molecule has 0 N–H and O–H groups in total. The Morgan fingerprint density at radius 3 is 1.82 bits per heavy atom. The van der Waals surface area contributed by atoms with E-state index in [2.05, 4.69) is 180 Å². The first-order valence-corrected chi connectivity index (χ1v) is 26.4.